The number of benzene rings is 1. The highest BCUT2D eigenvalue weighted by atomic mass is 16.5. The van der Waals surface area contributed by atoms with Crippen molar-refractivity contribution in [3.8, 4) is 11.5 Å². The third-order valence-corrected chi connectivity index (χ3v) is 6.49. The molecule has 1 aliphatic carbocycles. The molecule has 1 aromatic heterocycles. The van der Waals surface area contributed by atoms with Gasteiger partial charge in [0.15, 0.2) is 11.5 Å². The predicted octanol–water partition coefficient (Wildman–Crippen LogP) is 3.74. The number of amides is 4. The highest BCUT2D eigenvalue weighted by Gasteiger charge is 2.56. The van der Waals surface area contributed by atoms with E-state index in [1.54, 1.807) is 30.6 Å². The van der Waals surface area contributed by atoms with Gasteiger partial charge < -0.3 is 20.1 Å². The van der Waals surface area contributed by atoms with Crippen LogP contribution in [0.5, 0.6) is 11.5 Å². The van der Waals surface area contributed by atoms with Gasteiger partial charge in [0.05, 0.1) is 7.11 Å². The molecule has 2 unspecified atom stereocenters. The maximum atomic E-state index is 13.3. The number of pyridine rings is 1. The summed E-state index contributed by atoms with van der Waals surface area (Å²) in [5.74, 6) is 0.448. The number of methoxy groups -OCH3 is 1. The van der Waals surface area contributed by atoms with Crippen LogP contribution < -0.4 is 20.1 Å². The monoisotopic (exact) mass is 480 g/mol. The van der Waals surface area contributed by atoms with Crippen LogP contribution in [-0.2, 0) is 16.2 Å². The smallest absolute Gasteiger partial charge is 0.325 e. The molecule has 1 saturated heterocycles. The minimum Gasteiger partial charge on any atom is -0.493 e. The number of anilines is 1. The Balaban J connectivity index is 1.42. The molecule has 1 aliphatic heterocycles. The Hall–Kier alpha value is -3.62. The summed E-state index contributed by atoms with van der Waals surface area (Å²) in [4.78, 5) is 43.9. The maximum absolute atomic E-state index is 13.3. The van der Waals surface area contributed by atoms with E-state index in [1.807, 2.05) is 12.1 Å². The van der Waals surface area contributed by atoms with Gasteiger partial charge in [-0.3, -0.25) is 19.5 Å². The van der Waals surface area contributed by atoms with E-state index in [1.165, 1.54) is 7.11 Å². The van der Waals surface area contributed by atoms with Crippen molar-refractivity contribution >= 4 is 23.5 Å². The van der Waals surface area contributed by atoms with Crippen molar-refractivity contribution in [2.45, 2.75) is 52.2 Å². The van der Waals surface area contributed by atoms with Crippen LogP contribution in [0.25, 0.3) is 0 Å². The predicted molar refractivity (Wildman–Crippen MR) is 130 cm³/mol. The molecule has 1 aromatic carbocycles. The Kier molecular flexibility index (Phi) is 6.69. The molecule has 35 heavy (non-hydrogen) atoms. The number of carbonyl (C=O) groups is 3. The molecular weight excluding hydrogens is 448 g/mol. The Morgan fingerprint density at radius 3 is 2.71 bits per heavy atom. The number of ether oxygens (including phenoxy) is 2. The fourth-order valence-corrected chi connectivity index (χ4v) is 5.51. The standard InChI is InChI=1S/C26H32N4O5/c1-17-11-25(2,3)16-26(12-17)23(32)30(24(33)29-26)14-22(31)28-19-7-8-20(34-4)21(10-19)35-15-18-6-5-9-27-13-18/h5-10,13,17H,11-12,14-16H2,1-4H3,(H,28,31)(H,29,33). The van der Waals surface area contributed by atoms with Gasteiger partial charge in [-0.2, -0.15) is 0 Å². The second kappa shape index (κ2) is 9.56. The minimum absolute atomic E-state index is 0.0752. The van der Waals surface area contributed by atoms with Crippen LogP contribution in [0.2, 0.25) is 0 Å². The van der Waals surface area contributed by atoms with Gasteiger partial charge in [0, 0.05) is 29.7 Å². The van der Waals surface area contributed by atoms with Crippen LogP contribution in [0.3, 0.4) is 0 Å². The lowest BCUT2D eigenvalue weighted by Gasteiger charge is -2.43. The third kappa shape index (κ3) is 5.39. The summed E-state index contributed by atoms with van der Waals surface area (Å²) in [6.07, 6.45) is 5.51. The molecule has 2 fully saturated rings. The Labute approximate surface area is 205 Å². The largest absolute Gasteiger partial charge is 0.493 e. The van der Waals surface area contributed by atoms with Crippen LogP contribution >= 0.6 is 0 Å². The first-order valence-electron chi connectivity index (χ1n) is 11.7. The molecule has 2 atom stereocenters. The van der Waals surface area contributed by atoms with E-state index in [-0.39, 0.29) is 24.5 Å². The minimum atomic E-state index is -0.939. The van der Waals surface area contributed by atoms with Gasteiger partial charge in [0.25, 0.3) is 5.91 Å². The van der Waals surface area contributed by atoms with Crippen molar-refractivity contribution in [1.82, 2.24) is 15.2 Å². The second-order valence-electron chi connectivity index (χ2n) is 10.3. The van der Waals surface area contributed by atoms with Gasteiger partial charge in [-0.05, 0) is 48.8 Å². The molecule has 2 heterocycles. The average molecular weight is 481 g/mol. The number of rotatable bonds is 7. The number of nitrogens with zero attached hydrogens (tertiary/aromatic N) is 2. The molecule has 9 heteroatoms. The van der Waals surface area contributed by atoms with Crippen LogP contribution in [0.1, 0.15) is 45.6 Å². The number of nitrogens with one attached hydrogen (secondary N) is 2. The zero-order chi connectivity index (χ0) is 25.2. The van der Waals surface area contributed by atoms with Gasteiger partial charge >= 0.3 is 6.03 Å². The molecule has 0 bridgehead atoms. The first-order chi connectivity index (χ1) is 16.6. The molecule has 0 radical (unpaired) electrons. The number of carbonyl (C=O) groups excluding carboxylic acids is 3. The number of hydrogen-bond acceptors (Lipinski definition) is 6. The Morgan fingerprint density at radius 1 is 1.23 bits per heavy atom. The number of aromatic nitrogens is 1. The van der Waals surface area contributed by atoms with Crippen molar-refractivity contribution in [3.05, 3.63) is 48.3 Å². The zero-order valence-corrected chi connectivity index (χ0v) is 20.6. The molecule has 1 spiro atoms. The first kappa shape index (κ1) is 24.5. The number of urea groups is 1. The third-order valence-electron chi connectivity index (χ3n) is 6.49. The van der Waals surface area contributed by atoms with Crippen molar-refractivity contribution in [2.24, 2.45) is 11.3 Å². The van der Waals surface area contributed by atoms with Crippen LogP contribution in [0.15, 0.2) is 42.7 Å². The van der Waals surface area contributed by atoms with Crippen molar-refractivity contribution in [2.75, 3.05) is 19.0 Å². The van der Waals surface area contributed by atoms with E-state index in [0.29, 0.717) is 35.9 Å². The summed E-state index contributed by atoms with van der Waals surface area (Å²) < 4.78 is 11.2. The van der Waals surface area contributed by atoms with E-state index in [4.69, 9.17) is 9.47 Å². The molecule has 1 saturated carbocycles. The van der Waals surface area contributed by atoms with E-state index >= 15 is 0 Å². The summed E-state index contributed by atoms with van der Waals surface area (Å²) in [6.45, 7) is 6.23. The van der Waals surface area contributed by atoms with Gasteiger partial charge in [0.2, 0.25) is 5.91 Å². The van der Waals surface area contributed by atoms with E-state index in [2.05, 4.69) is 36.4 Å². The lowest BCUT2D eigenvalue weighted by Crippen LogP contribution is -2.54. The van der Waals surface area contributed by atoms with E-state index in [9.17, 15) is 14.4 Å². The molecule has 2 N–H and O–H groups in total. The molecule has 9 nitrogen and oxygen atoms in total. The fraction of sp³-hybridized carbons (Fsp3) is 0.462. The van der Waals surface area contributed by atoms with Crippen LogP contribution in [0.4, 0.5) is 10.5 Å². The van der Waals surface area contributed by atoms with Crippen molar-refractivity contribution < 1.29 is 23.9 Å². The molecule has 2 aromatic rings. The number of hydrogen-bond donors (Lipinski definition) is 2. The van der Waals surface area contributed by atoms with Crippen LogP contribution in [0, 0.1) is 11.3 Å². The number of imide groups is 1. The summed E-state index contributed by atoms with van der Waals surface area (Å²) in [5, 5.41) is 5.65. The van der Waals surface area contributed by atoms with Crippen molar-refractivity contribution in [1.29, 1.82) is 0 Å². The molecule has 4 amide bonds. The lowest BCUT2D eigenvalue weighted by atomic mass is 9.64. The van der Waals surface area contributed by atoms with E-state index in [0.717, 1.165) is 16.9 Å². The SMILES string of the molecule is COc1ccc(NC(=O)CN2C(=O)NC3(CC(C)CC(C)(C)C3)C2=O)cc1OCc1cccnc1. The molecule has 186 valence electrons. The second-order valence-corrected chi connectivity index (χ2v) is 10.3. The normalized spacial score (nSPS) is 23.2. The summed E-state index contributed by atoms with van der Waals surface area (Å²) in [5.41, 5.74) is 0.336. The van der Waals surface area contributed by atoms with Gasteiger partial charge in [-0.1, -0.05) is 26.8 Å². The van der Waals surface area contributed by atoms with Crippen molar-refractivity contribution in [3.63, 3.8) is 0 Å². The van der Waals surface area contributed by atoms with Crippen LogP contribution in [-0.4, -0.2) is 46.9 Å². The fourth-order valence-electron chi connectivity index (χ4n) is 5.51. The maximum Gasteiger partial charge on any atom is 0.325 e. The van der Waals surface area contributed by atoms with Gasteiger partial charge in [-0.15, -0.1) is 0 Å². The Morgan fingerprint density at radius 2 is 2.03 bits per heavy atom. The van der Waals surface area contributed by atoms with E-state index < -0.39 is 17.5 Å². The molecular formula is C26H32N4O5. The molecule has 2 aliphatic rings. The molecule has 4 rings (SSSR count). The quantitative estimate of drug-likeness (QED) is 0.584. The topological polar surface area (TPSA) is 110 Å². The summed E-state index contributed by atoms with van der Waals surface area (Å²) in [7, 11) is 1.53. The summed E-state index contributed by atoms with van der Waals surface area (Å²) >= 11 is 0. The average Bonchev–Trinajstić information content (AvgIpc) is 3.00. The first-order valence-corrected chi connectivity index (χ1v) is 11.7. The van der Waals surface area contributed by atoms with Gasteiger partial charge in [0.1, 0.15) is 18.7 Å². The lowest BCUT2D eigenvalue weighted by molar-refractivity contribution is -0.136. The van der Waals surface area contributed by atoms with Gasteiger partial charge in [-0.25, -0.2) is 4.79 Å². The summed E-state index contributed by atoms with van der Waals surface area (Å²) in [6, 6.07) is 8.19. The zero-order valence-electron chi connectivity index (χ0n) is 20.6. The Bertz CT molecular complexity index is 1120. The highest BCUT2D eigenvalue weighted by molar-refractivity contribution is 6.10. The highest BCUT2D eigenvalue weighted by Crippen LogP contribution is 2.46.